The molecule has 1 rings (SSSR count). The molecular weight excluding hydrogens is 170 g/mol. The zero-order chi connectivity index (χ0) is 9.84. The van der Waals surface area contributed by atoms with Crippen molar-refractivity contribution in [3.63, 3.8) is 0 Å². The second-order valence-electron chi connectivity index (χ2n) is 3.49. The van der Waals surface area contributed by atoms with E-state index in [2.05, 4.69) is 10.1 Å². The van der Waals surface area contributed by atoms with Crippen LogP contribution in [0.5, 0.6) is 0 Å². The first-order valence-electron chi connectivity index (χ1n) is 4.54. The molecule has 0 bridgehead atoms. The van der Waals surface area contributed by atoms with Crippen LogP contribution in [-0.4, -0.2) is 25.0 Å². The fourth-order valence-electron chi connectivity index (χ4n) is 1.52. The van der Waals surface area contributed by atoms with Crippen molar-refractivity contribution in [3.05, 3.63) is 0 Å². The Hall–Kier alpha value is -0.900. The highest BCUT2D eigenvalue weighted by Gasteiger charge is 2.29. The van der Waals surface area contributed by atoms with Crippen molar-refractivity contribution in [2.24, 2.45) is 11.8 Å². The van der Waals surface area contributed by atoms with Gasteiger partial charge in [0.25, 0.3) is 0 Å². The molecule has 13 heavy (non-hydrogen) atoms. The van der Waals surface area contributed by atoms with Gasteiger partial charge in [0.15, 0.2) is 0 Å². The summed E-state index contributed by atoms with van der Waals surface area (Å²) in [6.07, 6.45) is 0.956. The van der Waals surface area contributed by atoms with Gasteiger partial charge in [0.05, 0.1) is 5.92 Å². The van der Waals surface area contributed by atoms with E-state index in [-0.39, 0.29) is 5.92 Å². The zero-order valence-electron chi connectivity index (χ0n) is 8.00. The predicted molar refractivity (Wildman–Crippen MR) is 46.9 cm³/mol. The summed E-state index contributed by atoms with van der Waals surface area (Å²) in [7, 11) is 0. The van der Waals surface area contributed by atoms with E-state index in [4.69, 9.17) is 0 Å². The van der Waals surface area contributed by atoms with E-state index in [1.54, 1.807) is 0 Å². The Kier molecular flexibility index (Phi) is 3.42. The van der Waals surface area contributed by atoms with E-state index in [0.717, 1.165) is 13.0 Å². The highest BCUT2D eigenvalue weighted by atomic mass is 16.6. The third-order valence-electron chi connectivity index (χ3n) is 2.37. The fraction of sp³-hybridized carbons (Fsp3) is 0.778. The second kappa shape index (κ2) is 4.37. The summed E-state index contributed by atoms with van der Waals surface area (Å²) < 4.78 is 4.54. The summed E-state index contributed by atoms with van der Waals surface area (Å²) in [4.78, 5) is 21.9. The summed E-state index contributed by atoms with van der Waals surface area (Å²) in [5.41, 5.74) is 0. The molecule has 1 aliphatic heterocycles. The minimum Gasteiger partial charge on any atom is -0.393 e. The molecule has 0 radical (unpaired) electrons. The molecule has 0 aromatic carbocycles. The molecule has 1 heterocycles. The minimum atomic E-state index is -0.525. The average Bonchev–Trinajstić information content (AvgIpc) is 2.03. The number of carbonyl (C=O) groups is 2. The number of hydrogen-bond donors (Lipinski definition) is 1. The molecule has 1 N–H and O–H groups in total. The molecule has 1 saturated heterocycles. The maximum atomic E-state index is 11.3. The van der Waals surface area contributed by atoms with Crippen LogP contribution < -0.4 is 5.32 Å². The number of ether oxygens (including phenoxy) is 1. The van der Waals surface area contributed by atoms with Crippen LogP contribution in [0.3, 0.4) is 0 Å². The van der Waals surface area contributed by atoms with Gasteiger partial charge in [-0.15, -0.1) is 0 Å². The lowest BCUT2D eigenvalue weighted by atomic mass is 9.88. The van der Waals surface area contributed by atoms with Crippen molar-refractivity contribution in [2.45, 2.75) is 20.3 Å². The minimum absolute atomic E-state index is 0.169. The largest absolute Gasteiger partial charge is 0.393 e. The van der Waals surface area contributed by atoms with Gasteiger partial charge in [-0.3, -0.25) is 9.59 Å². The number of esters is 2. The Balaban J connectivity index is 2.48. The Morgan fingerprint density at radius 1 is 1.46 bits per heavy atom. The third kappa shape index (κ3) is 2.81. The van der Waals surface area contributed by atoms with Gasteiger partial charge < -0.3 is 10.1 Å². The normalized spacial score (nSPS) is 28.2. The Bertz CT molecular complexity index is 215. The standard InChI is InChI=1S/C9H15NO3/c1-6-3-4-10-5-8(6)9(12)13-7(2)11/h6,8,10H,3-5H2,1-2H3. The van der Waals surface area contributed by atoms with Crippen LogP contribution in [0, 0.1) is 11.8 Å². The number of carbonyl (C=O) groups excluding carboxylic acids is 2. The summed E-state index contributed by atoms with van der Waals surface area (Å²) in [5.74, 6) is -0.791. The molecular formula is C9H15NO3. The highest BCUT2D eigenvalue weighted by Crippen LogP contribution is 2.19. The summed E-state index contributed by atoms with van der Waals surface area (Å²) in [5, 5.41) is 3.11. The molecule has 2 unspecified atom stereocenters. The molecule has 0 spiro atoms. The van der Waals surface area contributed by atoms with E-state index >= 15 is 0 Å². The smallest absolute Gasteiger partial charge is 0.318 e. The van der Waals surface area contributed by atoms with Gasteiger partial charge in [-0.25, -0.2) is 0 Å². The van der Waals surface area contributed by atoms with Gasteiger partial charge >= 0.3 is 11.9 Å². The lowest BCUT2D eigenvalue weighted by molar-refractivity contribution is -0.162. The molecule has 1 fully saturated rings. The molecule has 0 amide bonds. The first-order chi connectivity index (χ1) is 6.11. The maximum Gasteiger partial charge on any atom is 0.318 e. The van der Waals surface area contributed by atoms with E-state index in [0.29, 0.717) is 12.5 Å². The SMILES string of the molecule is CC(=O)OC(=O)C1CNCCC1C. The van der Waals surface area contributed by atoms with Gasteiger partial charge in [0.1, 0.15) is 0 Å². The molecule has 0 aliphatic carbocycles. The molecule has 0 saturated carbocycles. The average molecular weight is 185 g/mol. The first-order valence-corrected chi connectivity index (χ1v) is 4.54. The maximum absolute atomic E-state index is 11.3. The van der Waals surface area contributed by atoms with Crippen molar-refractivity contribution in [2.75, 3.05) is 13.1 Å². The van der Waals surface area contributed by atoms with E-state index < -0.39 is 11.9 Å². The van der Waals surface area contributed by atoms with Crippen LogP contribution in [0.2, 0.25) is 0 Å². The van der Waals surface area contributed by atoms with Gasteiger partial charge in [0.2, 0.25) is 0 Å². The molecule has 0 aromatic rings. The Morgan fingerprint density at radius 2 is 2.15 bits per heavy atom. The van der Waals surface area contributed by atoms with Crippen LogP contribution in [0.1, 0.15) is 20.3 Å². The van der Waals surface area contributed by atoms with Crippen molar-refractivity contribution < 1.29 is 14.3 Å². The molecule has 2 atom stereocenters. The first kappa shape index (κ1) is 10.2. The highest BCUT2D eigenvalue weighted by molar-refractivity contribution is 5.85. The summed E-state index contributed by atoms with van der Waals surface area (Å²) in [6, 6.07) is 0. The quantitative estimate of drug-likeness (QED) is 0.472. The number of nitrogens with one attached hydrogen (secondary N) is 1. The number of piperidine rings is 1. The van der Waals surface area contributed by atoms with Crippen molar-refractivity contribution in [1.29, 1.82) is 0 Å². The Labute approximate surface area is 77.6 Å². The predicted octanol–water partition coefficient (Wildman–Crippen LogP) is 0.322. The monoisotopic (exact) mass is 185 g/mol. The van der Waals surface area contributed by atoms with Crippen LogP contribution in [0.15, 0.2) is 0 Å². The van der Waals surface area contributed by atoms with Crippen LogP contribution >= 0.6 is 0 Å². The van der Waals surface area contributed by atoms with Crippen LogP contribution in [-0.2, 0) is 14.3 Å². The van der Waals surface area contributed by atoms with E-state index in [1.165, 1.54) is 6.92 Å². The van der Waals surface area contributed by atoms with E-state index in [9.17, 15) is 9.59 Å². The van der Waals surface area contributed by atoms with Crippen molar-refractivity contribution >= 4 is 11.9 Å². The lowest BCUT2D eigenvalue weighted by Gasteiger charge is -2.26. The molecule has 1 aliphatic rings. The molecule has 0 aromatic heterocycles. The number of rotatable bonds is 1. The second-order valence-corrected chi connectivity index (χ2v) is 3.49. The Morgan fingerprint density at radius 3 is 2.69 bits per heavy atom. The van der Waals surface area contributed by atoms with E-state index in [1.807, 2.05) is 6.92 Å². The van der Waals surface area contributed by atoms with Gasteiger partial charge in [-0.1, -0.05) is 6.92 Å². The van der Waals surface area contributed by atoms with Gasteiger partial charge in [0, 0.05) is 13.5 Å². The van der Waals surface area contributed by atoms with Crippen LogP contribution in [0.25, 0.3) is 0 Å². The molecule has 74 valence electrons. The van der Waals surface area contributed by atoms with Crippen molar-refractivity contribution in [1.82, 2.24) is 5.32 Å². The van der Waals surface area contributed by atoms with Crippen molar-refractivity contribution in [3.8, 4) is 0 Å². The van der Waals surface area contributed by atoms with Gasteiger partial charge in [-0.2, -0.15) is 0 Å². The summed E-state index contributed by atoms with van der Waals surface area (Å²) >= 11 is 0. The zero-order valence-corrected chi connectivity index (χ0v) is 8.00. The molecule has 4 heteroatoms. The van der Waals surface area contributed by atoms with Crippen LogP contribution in [0.4, 0.5) is 0 Å². The van der Waals surface area contributed by atoms with Gasteiger partial charge in [-0.05, 0) is 18.9 Å². The summed E-state index contributed by atoms with van der Waals surface area (Å²) in [6.45, 7) is 4.81. The fourth-order valence-corrected chi connectivity index (χ4v) is 1.52. The lowest BCUT2D eigenvalue weighted by Crippen LogP contribution is -2.40. The molecule has 4 nitrogen and oxygen atoms in total. The topological polar surface area (TPSA) is 55.4 Å². The number of hydrogen-bond acceptors (Lipinski definition) is 4. The third-order valence-corrected chi connectivity index (χ3v) is 2.37.